The van der Waals surface area contributed by atoms with Crippen LogP contribution >= 0.6 is 0 Å². The van der Waals surface area contributed by atoms with E-state index in [0.717, 1.165) is 18.4 Å². The minimum absolute atomic E-state index is 0.0295. The number of carbonyl (C=O) groups is 2. The molecule has 27 heavy (non-hydrogen) atoms. The quantitative estimate of drug-likeness (QED) is 0.793. The number of morpholine rings is 1. The standard InChI is InChI=1S/C21H28N2O4/c1-16-3-2-4-17(13-16)19(24)23-14-18(20(25)22-7-11-27-12-8-22)21(15-23)5-9-26-10-6-21/h2-4,13,18H,5-12,14-15H2,1H3. The second-order valence-electron chi connectivity index (χ2n) is 8.02. The second-order valence-corrected chi connectivity index (χ2v) is 8.02. The van der Waals surface area contributed by atoms with Crippen molar-refractivity contribution in [3.05, 3.63) is 35.4 Å². The van der Waals surface area contributed by atoms with E-state index in [0.29, 0.717) is 58.2 Å². The third-order valence-electron chi connectivity index (χ3n) is 6.31. The first-order valence-corrected chi connectivity index (χ1v) is 9.89. The number of hydrogen-bond donors (Lipinski definition) is 0. The zero-order chi connectivity index (χ0) is 18.9. The molecule has 0 saturated carbocycles. The van der Waals surface area contributed by atoms with Gasteiger partial charge in [0.25, 0.3) is 5.91 Å². The number of nitrogens with zero attached hydrogens (tertiary/aromatic N) is 2. The second kappa shape index (κ2) is 7.60. The Balaban J connectivity index is 1.57. The highest BCUT2D eigenvalue weighted by Crippen LogP contribution is 2.45. The predicted molar refractivity (Wildman–Crippen MR) is 100 cm³/mol. The molecule has 3 fully saturated rings. The van der Waals surface area contributed by atoms with Crippen LogP contribution in [0.2, 0.25) is 0 Å². The summed E-state index contributed by atoms with van der Waals surface area (Å²) in [7, 11) is 0. The van der Waals surface area contributed by atoms with Gasteiger partial charge in [-0.05, 0) is 31.9 Å². The Kier molecular flexibility index (Phi) is 5.19. The van der Waals surface area contributed by atoms with Crippen molar-refractivity contribution in [1.29, 1.82) is 0 Å². The minimum Gasteiger partial charge on any atom is -0.381 e. The first-order valence-electron chi connectivity index (χ1n) is 9.89. The predicted octanol–water partition coefficient (Wildman–Crippen LogP) is 1.72. The maximum Gasteiger partial charge on any atom is 0.253 e. The normalized spacial score (nSPS) is 25.0. The maximum absolute atomic E-state index is 13.3. The topological polar surface area (TPSA) is 59.1 Å². The summed E-state index contributed by atoms with van der Waals surface area (Å²) in [5.74, 6) is 0.0647. The summed E-state index contributed by atoms with van der Waals surface area (Å²) in [6.07, 6.45) is 1.68. The van der Waals surface area contributed by atoms with Gasteiger partial charge in [-0.2, -0.15) is 0 Å². The third-order valence-corrected chi connectivity index (χ3v) is 6.31. The number of hydrogen-bond acceptors (Lipinski definition) is 4. The van der Waals surface area contributed by atoms with Gasteiger partial charge in [-0.25, -0.2) is 0 Å². The molecule has 4 rings (SSSR count). The molecule has 0 aliphatic carbocycles. The number of rotatable bonds is 2. The van der Waals surface area contributed by atoms with Gasteiger partial charge < -0.3 is 19.3 Å². The molecule has 1 spiro atoms. The Bertz CT molecular complexity index is 708. The molecular weight excluding hydrogens is 344 g/mol. The first kappa shape index (κ1) is 18.4. The van der Waals surface area contributed by atoms with Gasteiger partial charge in [0.1, 0.15) is 0 Å². The molecule has 0 bridgehead atoms. The summed E-state index contributed by atoms with van der Waals surface area (Å²) in [6, 6.07) is 7.70. The van der Waals surface area contributed by atoms with Gasteiger partial charge in [0, 0.05) is 50.4 Å². The SMILES string of the molecule is Cc1cccc(C(=O)N2CC(C(=O)N3CCOCC3)C3(CCOCC3)C2)c1. The van der Waals surface area contributed by atoms with Crippen molar-refractivity contribution in [2.45, 2.75) is 19.8 Å². The fraction of sp³-hybridized carbons (Fsp3) is 0.619. The fourth-order valence-corrected chi connectivity index (χ4v) is 4.71. The van der Waals surface area contributed by atoms with Gasteiger partial charge in [-0.15, -0.1) is 0 Å². The lowest BCUT2D eigenvalue weighted by atomic mass is 9.71. The molecule has 0 aromatic heterocycles. The summed E-state index contributed by atoms with van der Waals surface area (Å²) in [5, 5.41) is 0. The van der Waals surface area contributed by atoms with Gasteiger partial charge >= 0.3 is 0 Å². The average Bonchev–Trinajstić information content (AvgIpc) is 3.06. The first-order chi connectivity index (χ1) is 13.1. The number of likely N-dealkylation sites (tertiary alicyclic amines) is 1. The Morgan fingerprint density at radius 3 is 2.44 bits per heavy atom. The van der Waals surface area contributed by atoms with Crippen molar-refractivity contribution in [3.63, 3.8) is 0 Å². The number of amides is 2. The zero-order valence-electron chi connectivity index (χ0n) is 16.0. The Morgan fingerprint density at radius 2 is 1.74 bits per heavy atom. The molecule has 6 nitrogen and oxygen atoms in total. The van der Waals surface area contributed by atoms with Crippen molar-refractivity contribution < 1.29 is 19.1 Å². The van der Waals surface area contributed by atoms with Crippen molar-refractivity contribution in [3.8, 4) is 0 Å². The van der Waals surface area contributed by atoms with Crippen molar-refractivity contribution >= 4 is 11.8 Å². The van der Waals surface area contributed by atoms with Crippen LogP contribution in [0.5, 0.6) is 0 Å². The zero-order valence-corrected chi connectivity index (χ0v) is 16.0. The number of benzene rings is 1. The monoisotopic (exact) mass is 372 g/mol. The van der Waals surface area contributed by atoms with Crippen molar-refractivity contribution in [1.82, 2.24) is 9.80 Å². The smallest absolute Gasteiger partial charge is 0.253 e. The van der Waals surface area contributed by atoms with E-state index >= 15 is 0 Å². The fourth-order valence-electron chi connectivity index (χ4n) is 4.71. The summed E-state index contributed by atoms with van der Waals surface area (Å²) < 4.78 is 11.0. The van der Waals surface area contributed by atoms with Gasteiger partial charge in [-0.1, -0.05) is 17.7 Å². The highest BCUT2D eigenvalue weighted by atomic mass is 16.5. The van der Waals surface area contributed by atoms with Crippen LogP contribution in [0, 0.1) is 18.3 Å². The van der Waals surface area contributed by atoms with Gasteiger partial charge in [0.15, 0.2) is 0 Å². The molecule has 1 aromatic rings. The maximum atomic E-state index is 13.3. The van der Waals surface area contributed by atoms with Crippen LogP contribution in [0.15, 0.2) is 24.3 Å². The number of ether oxygens (including phenoxy) is 2. The van der Waals surface area contributed by atoms with Crippen LogP contribution in [0.3, 0.4) is 0 Å². The summed E-state index contributed by atoms with van der Waals surface area (Å²) in [6.45, 7) is 6.96. The molecule has 3 saturated heterocycles. The van der Waals surface area contributed by atoms with Crippen LogP contribution in [-0.2, 0) is 14.3 Å². The Labute approximate surface area is 160 Å². The molecular formula is C21H28N2O4. The summed E-state index contributed by atoms with van der Waals surface area (Å²) in [5.41, 5.74) is 1.62. The molecule has 0 radical (unpaired) electrons. The van der Waals surface area contributed by atoms with Crippen LogP contribution in [-0.4, -0.2) is 74.2 Å². The largest absolute Gasteiger partial charge is 0.381 e. The van der Waals surface area contributed by atoms with E-state index in [-0.39, 0.29) is 23.1 Å². The molecule has 3 heterocycles. The van der Waals surface area contributed by atoms with Crippen LogP contribution in [0.1, 0.15) is 28.8 Å². The van der Waals surface area contributed by atoms with Crippen LogP contribution in [0.4, 0.5) is 0 Å². The highest BCUT2D eigenvalue weighted by molar-refractivity contribution is 5.95. The molecule has 1 atom stereocenters. The summed E-state index contributed by atoms with van der Waals surface area (Å²) in [4.78, 5) is 30.3. The van der Waals surface area contributed by atoms with Gasteiger partial charge in [0.2, 0.25) is 5.91 Å². The Hall–Kier alpha value is -1.92. The molecule has 1 aromatic carbocycles. The lowest BCUT2D eigenvalue weighted by Gasteiger charge is -2.39. The van der Waals surface area contributed by atoms with Crippen molar-refractivity contribution in [2.75, 3.05) is 52.6 Å². The van der Waals surface area contributed by atoms with Crippen molar-refractivity contribution in [2.24, 2.45) is 11.3 Å². The summed E-state index contributed by atoms with van der Waals surface area (Å²) >= 11 is 0. The molecule has 2 amide bonds. The van der Waals surface area contributed by atoms with Crippen LogP contribution in [0.25, 0.3) is 0 Å². The molecule has 3 aliphatic rings. The third kappa shape index (κ3) is 3.60. The van der Waals surface area contributed by atoms with E-state index in [9.17, 15) is 9.59 Å². The molecule has 146 valence electrons. The molecule has 6 heteroatoms. The van der Waals surface area contributed by atoms with E-state index in [4.69, 9.17) is 9.47 Å². The number of carbonyl (C=O) groups excluding carboxylic acids is 2. The van der Waals surface area contributed by atoms with Gasteiger partial charge in [0.05, 0.1) is 19.1 Å². The van der Waals surface area contributed by atoms with E-state index < -0.39 is 0 Å². The van der Waals surface area contributed by atoms with E-state index in [1.54, 1.807) is 0 Å². The van der Waals surface area contributed by atoms with E-state index in [2.05, 4.69) is 0 Å². The lowest BCUT2D eigenvalue weighted by Crippen LogP contribution is -2.49. The molecule has 0 N–H and O–H groups in total. The van der Waals surface area contributed by atoms with Gasteiger partial charge in [-0.3, -0.25) is 9.59 Å². The van der Waals surface area contributed by atoms with Crippen LogP contribution < -0.4 is 0 Å². The Morgan fingerprint density at radius 1 is 1.04 bits per heavy atom. The molecule has 1 unspecified atom stereocenters. The number of aryl methyl sites for hydroxylation is 1. The lowest BCUT2D eigenvalue weighted by molar-refractivity contribution is -0.144. The average molecular weight is 372 g/mol. The molecule has 3 aliphatic heterocycles. The van der Waals surface area contributed by atoms with E-state index in [1.165, 1.54) is 0 Å². The minimum atomic E-state index is -0.160. The van der Waals surface area contributed by atoms with E-state index in [1.807, 2.05) is 41.0 Å². The highest BCUT2D eigenvalue weighted by Gasteiger charge is 2.52.